The van der Waals surface area contributed by atoms with E-state index in [1.807, 2.05) is 0 Å². The second-order valence-corrected chi connectivity index (χ2v) is 12.3. The van der Waals surface area contributed by atoms with Gasteiger partial charge in [0.1, 0.15) is 12.2 Å². The van der Waals surface area contributed by atoms with Crippen LogP contribution in [0.15, 0.2) is 12.5 Å². The van der Waals surface area contributed by atoms with Crippen molar-refractivity contribution in [2.75, 3.05) is 6.61 Å². The van der Waals surface area contributed by atoms with Gasteiger partial charge < -0.3 is 4.74 Å². The normalized spacial score (nSPS) is 12.0. The van der Waals surface area contributed by atoms with Gasteiger partial charge in [0, 0.05) is 20.9 Å². The third-order valence-corrected chi connectivity index (χ3v) is 5.26. The number of pyridine rings is 1. The van der Waals surface area contributed by atoms with Crippen LogP contribution in [-0.4, -0.2) is 35.0 Å². The predicted octanol–water partition coefficient (Wildman–Crippen LogP) is 3.60. The molecule has 2 heterocycles. The first kappa shape index (κ1) is 16.1. The number of imidazole rings is 1. The van der Waals surface area contributed by atoms with Crippen molar-refractivity contribution < 1.29 is 9.53 Å². The summed E-state index contributed by atoms with van der Waals surface area (Å²) in [5.74, 6) is -0.115. The SMILES string of the molecule is CC(=O)c1cnc2c(ncn2COCC[Si](C)(C)C)c1Cl. The molecule has 2 rings (SSSR count). The van der Waals surface area contributed by atoms with Crippen LogP contribution >= 0.6 is 11.6 Å². The van der Waals surface area contributed by atoms with Crippen LogP contribution in [0.3, 0.4) is 0 Å². The fraction of sp³-hybridized carbons (Fsp3) is 0.500. The lowest BCUT2D eigenvalue weighted by molar-refractivity contribution is 0.0895. The number of halogens is 1. The highest BCUT2D eigenvalue weighted by atomic mass is 35.5. The summed E-state index contributed by atoms with van der Waals surface area (Å²) in [7, 11) is -1.09. The van der Waals surface area contributed by atoms with Gasteiger partial charge in [-0.15, -0.1) is 0 Å². The van der Waals surface area contributed by atoms with E-state index in [9.17, 15) is 4.79 Å². The second-order valence-electron chi connectivity index (χ2n) is 6.28. The number of nitrogens with zero attached hydrogens (tertiary/aromatic N) is 3. The van der Waals surface area contributed by atoms with Crippen molar-refractivity contribution in [1.82, 2.24) is 14.5 Å². The van der Waals surface area contributed by atoms with Gasteiger partial charge in [-0.3, -0.25) is 9.36 Å². The molecular formula is C14H20ClN3O2Si. The summed E-state index contributed by atoms with van der Waals surface area (Å²) in [6, 6.07) is 1.11. The highest BCUT2D eigenvalue weighted by Crippen LogP contribution is 2.24. The van der Waals surface area contributed by atoms with Crippen LogP contribution in [0.2, 0.25) is 30.7 Å². The summed E-state index contributed by atoms with van der Waals surface area (Å²) < 4.78 is 7.49. The Morgan fingerprint density at radius 3 is 2.71 bits per heavy atom. The Bertz CT molecular complexity index is 664. The average molecular weight is 326 g/mol. The van der Waals surface area contributed by atoms with Crippen molar-refractivity contribution in [2.24, 2.45) is 0 Å². The molecule has 0 atom stereocenters. The van der Waals surface area contributed by atoms with E-state index >= 15 is 0 Å². The lowest BCUT2D eigenvalue weighted by Gasteiger charge is -2.15. The van der Waals surface area contributed by atoms with E-state index < -0.39 is 8.07 Å². The topological polar surface area (TPSA) is 57.0 Å². The number of rotatable bonds is 6. The number of Topliss-reactive ketones (excluding diaryl/α,β-unsaturated/α-hetero) is 1. The number of carbonyl (C=O) groups is 1. The molecule has 0 saturated heterocycles. The highest BCUT2D eigenvalue weighted by Gasteiger charge is 2.15. The molecule has 0 aliphatic rings. The minimum Gasteiger partial charge on any atom is -0.361 e. The maximum Gasteiger partial charge on any atom is 0.163 e. The fourth-order valence-corrected chi connectivity index (χ4v) is 2.93. The van der Waals surface area contributed by atoms with Crippen molar-refractivity contribution in [1.29, 1.82) is 0 Å². The first-order valence-electron chi connectivity index (χ1n) is 6.87. The minimum absolute atomic E-state index is 0.115. The molecule has 21 heavy (non-hydrogen) atoms. The van der Waals surface area contributed by atoms with Crippen LogP contribution in [-0.2, 0) is 11.5 Å². The Morgan fingerprint density at radius 2 is 2.10 bits per heavy atom. The molecule has 114 valence electrons. The molecule has 0 spiro atoms. The molecule has 0 aromatic carbocycles. The van der Waals surface area contributed by atoms with E-state index in [4.69, 9.17) is 16.3 Å². The summed E-state index contributed by atoms with van der Waals surface area (Å²) in [5.41, 5.74) is 1.57. The zero-order valence-electron chi connectivity index (χ0n) is 12.8. The Labute approximate surface area is 130 Å². The molecule has 0 radical (unpaired) electrons. The van der Waals surface area contributed by atoms with E-state index in [0.29, 0.717) is 28.5 Å². The quantitative estimate of drug-likeness (QED) is 0.462. The number of fused-ring (bicyclic) bond motifs is 1. The molecule has 0 fully saturated rings. The van der Waals surface area contributed by atoms with Crippen molar-refractivity contribution in [2.45, 2.75) is 39.3 Å². The number of ether oxygens (including phenoxy) is 1. The number of hydrogen-bond donors (Lipinski definition) is 0. The Kier molecular flexibility index (Phi) is 4.80. The first-order valence-corrected chi connectivity index (χ1v) is 11.0. The monoisotopic (exact) mass is 325 g/mol. The summed E-state index contributed by atoms with van der Waals surface area (Å²) in [5, 5.41) is 0.355. The molecule has 0 aliphatic heterocycles. The molecule has 0 unspecified atom stereocenters. The molecule has 0 aliphatic carbocycles. The molecule has 5 nitrogen and oxygen atoms in total. The summed E-state index contributed by atoms with van der Waals surface area (Å²) in [4.78, 5) is 19.9. The predicted molar refractivity (Wildman–Crippen MR) is 86.6 cm³/mol. The van der Waals surface area contributed by atoms with E-state index in [-0.39, 0.29) is 5.78 Å². The molecule has 0 saturated carbocycles. The fourth-order valence-electron chi connectivity index (χ4n) is 1.86. The van der Waals surface area contributed by atoms with Gasteiger partial charge in [-0.1, -0.05) is 31.2 Å². The zero-order valence-corrected chi connectivity index (χ0v) is 14.6. The van der Waals surface area contributed by atoms with Crippen molar-refractivity contribution >= 4 is 36.6 Å². The average Bonchev–Trinajstić information content (AvgIpc) is 2.77. The zero-order chi connectivity index (χ0) is 15.6. The van der Waals surface area contributed by atoms with Gasteiger partial charge in [-0.25, -0.2) is 9.97 Å². The summed E-state index contributed by atoms with van der Waals surface area (Å²) in [6.45, 7) is 9.53. The molecule has 0 N–H and O–H groups in total. The van der Waals surface area contributed by atoms with Crippen LogP contribution in [0.1, 0.15) is 17.3 Å². The highest BCUT2D eigenvalue weighted by molar-refractivity contribution is 6.76. The number of hydrogen-bond acceptors (Lipinski definition) is 4. The van der Waals surface area contributed by atoms with Crippen LogP contribution in [0.4, 0.5) is 0 Å². The van der Waals surface area contributed by atoms with Gasteiger partial charge >= 0.3 is 0 Å². The lowest BCUT2D eigenvalue weighted by atomic mass is 10.2. The molecule has 0 bridgehead atoms. The van der Waals surface area contributed by atoms with Gasteiger partial charge in [0.05, 0.1) is 16.9 Å². The number of ketones is 1. The maximum atomic E-state index is 11.4. The standard InChI is InChI=1S/C14H20ClN3O2Si/c1-10(19)11-7-16-14-13(12(11)15)17-8-18(14)9-20-5-6-21(2,3)4/h7-8H,5-6,9H2,1-4H3. The third-order valence-electron chi connectivity index (χ3n) is 3.18. The third kappa shape index (κ3) is 3.90. The van der Waals surface area contributed by atoms with E-state index in [1.54, 1.807) is 10.9 Å². The Balaban J connectivity index is 2.12. The van der Waals surface area contributed by atoms with Gasteiger partial charge in [0.25, 0.3) is 0 Å². The van der Waals surface area contributed by atoms with Crippen LogP contribution in [0, 0.1) is 0 Å². The largest absolute Gasteiger partial charge is 0.361 e. The van der Waals surface area contributed by atoms with E-state index in [0.717, 1.165) is 12.7 Å². The molecule has 2 aromatic rings. The summed E-state index contributed by atoms with van der Waals surface area (Å²) >= 11 is 6.20. The molecule has 2 aromatic heterocycles. The molecule has 0 amide bonds. The Hall–Kier alpha value is -1.24. The van der Waals surface area contributed by atoms with Gasteiger partial charge in [0.15, 0.2) is 11.4 Å². The molecular weight excluding hydrogens is 306 g/mol. The van der Waals surface area contributed by atoms with Crippen molar-refractivity contribution in [3.63, 3.8) is 0 Å². The Morgan fingerprint density at radius 1 is 1.38 bits per heavy atom. The summed E-state index contributed by atoms with van der Waals surface area (Å²) in [6.07, 6.45) is 3.13. The van der Waals surface area contributed by atoms with E-state index in [1.165, 1.54) is 13.1 Å². The minimum atomic E-state index is -1.09. The van der Waals surface area contributed by atoms with Crippen molar-refractivity contribution in [3.05, 3.63) is 23.1 Å². The first-order chi connectivity index (χ1) is 9.79. The van der Waals surface area contributed by atoms with Crippen molar-refractivity contribution in [3.8, 4) is 0 Å². The van der Waals surface area contributed by atoms with Crippen LogP contribution < -0.4 is 0 Å². The van der Waals surface area contributed by atoms with Crippen LogP contribution in [0.5, 0.6) is 0 Å². The lowest BCUT2D eigenvalue weighted by Crippen LogP contribution is -2.22. The van der Waals surface area contributed by atoms with Gasteiger partial charge in [0.2, 0.25) is 0 Å². The van der Waals surface area contributed by atoms with E-state index in [2.05, 4.69) is 29.6 Å². The molecule has 7 heteroatoms. The maximum absolute atomic E-state index is 11.4. The second kappa shape index (κ2) is 6.25. The number of aromatic nitrogens is 3. The smallest absolute Gasteiger partial charge is 0.163 e. The number of carbonyl (C=O) groups excluding carboxylic acids is 1. The van der Waals surface area contributed by atoms with Gasteiger partial charge in [-0.05, 0) is 13.0 Å². The van der Waals surface area contributed by atoms with Crippen LogP contribution in [0.25, 0.3) is 11.2 Å². The van der Waals surface area contributed by atoms with Gasteiger partial charge in [-0.2, -0.15) is 0 Å².